The molecule has 68 heavy (non-hydrogen) atoms. The lowest BCUT2D eigenvalue weighted by atomic mass is 9.71. The van der Waals surface area contributed by atoms with Crippen LogP contribution in [-0.4, -0.2) is 101 Å². The smallest absolute Gasteiger partial charge is 0.319 e. The van der Waals surface area contributed by atoms with Crippen molar-refractivity contribution in [3.8, 4) is 0 Å². The van der Waals surface area contributed by atoms with E-state index in [1.54, 1.807) is 51.2 Å². The van der Waals surface area contributed by atoms with Crippen LogP contribution in [0.5, 0.6) is 0 Å². The minimum absolute atomic E-state index is 0.0272. The third-order valence-corrected chi connectivity index (χ3v) is 20.4. The Labute approximate surface area is 431 Å². The molecule has 2 rings (SSSR count). The van der Waals surface area contributed by atoms with Crippen molar-refractivity contribution >= 4 is 82.7 Å². The number of hydrogen-bond donors (Lipinski definition) is 4. The van der Waals surface area contributed by atoms with Gasteiger partial charge in [0.1, 0.15) is 9.49 Å². The van der Waals surface area contributed by atoms with Gasteiger partial charge in [0, 0.05) is 27.4 Å². The van der Waals surface area contributed by atoms with E-state index in [0.717, 1.165) is 81.1 Å². The van der Waals surface area contributed by atoms with Crippen molar-refractivity contribution in [3.63, 3.8) is 0 Å². The van der Waals surface area contributed by atoms with Gasteiger partial charge in [-0.15, -0.1) is 23.5 Å². The summed E-state index contributed by atoms with van der Waals surface area (Å²) in [4.78, 5) is 53.2. The molecule has 0 aliphatic heterocycles. The normalized spacial score (nSPS) is 16.6. The van der Waals surface area contributed by atoms with Gasteiger partial charge in [-0.2, -0.15) is 35.3 Å². The van der Waals surface area contributed by atoms with Crippen molar-refractivity contribution in [2.45, 2.75) is 176 Å². The molecule has 0 spiro atoms. The third-order valence-electron chi connectivity index (χ3n) is 13.1. The fourth-order valence-corrected chi connectivity index (χ4v) is 15.3. The van der Waals surface area contributed by atoms with E-state index < -0.39 is 67.0 Å². The Kier molecular flexibility index (Phi) is 31.4. The molecule has 0 heterocycles. The van der Waals surface area contributed by atoms with Crippen molar-refractivity contribution in [3.05, 3.63) is 71.8 Å². The molecule has 0 saturated carbocycles. The van der Waals surface area contributed by atoms with Gasteiger partial charge < -0.3 is 25.2 Å². The number of carboxylic acid groups (broad SMARTS) is 4. The van der Waals surface area contributed by atoms with Crippen molar-refractivity contribution < 1.29 is 44.3 Å². The first-order chi connectivity index (χ1) is 32.5. The highest BCUT2D eigenvalue weighted by Crippen LogP contribution is 2.51. The predicted octanol–water partition coefficient (Wildman–Crippen LogP) is 14.4. The van der Waals surface area contributed by atoms with E-state index in [1.807, 2.05) is 60.7 Å². The molecular weight excluding hydrogens is 953 g/mol. The predicted molar refractivity (Wildman–Crippen MR) is 294 cm³/mol. The molecule has 0 aliphatic carbocycles. The molecule has 9 nitrogen and oxygen atoms in total. The standard InChI is InChI=1S/C54H86O9S5/c1-8-11-13-15-17-25-32-67-52(6,50(59)60)35-45(46(41(4)48(55)56)65-37-43-27-21-19-22-28-43)36-63-40-54(31-34-64-10-3,39-53(7,51(61)62)68-33-26-18-16-14-12-9-2)47(42(5)49(57)58)66-38-44-29-23-20-24-30-44/h19-24,27-30,41-42,45-47H,8-18,25-26,31-40H2,1-7H3,(H,55,56)(H,57,58)(H,59,60)(H,61,62). The van der Waals surface area contributed by atoms with E-state index in [1.165, 1.54) is 48.1 Å². The van der Waals surface area contributed by atoms with Crippen LogP contribution >= 0.6 is 58.8 Å². The molecule has 0 aliphatic rings. The minimum Gasteiger partial charge on any atom is -0.481 e. The van der Waals surface area contributed by atoms with Gasteiger partial charge in [0.25, 0.3) is 0 Å². The Bertz CT molecular complexity index is 1710. The second-order valence-corrected chi connectivity index (χ2v) is 25.9. The molecule has 2 aromatic rings. The third kappa shape index (κ3) is 22.6. The van der Waals surface area contributed by atoms with Gasteiger partial charge in [0.15, 0.2) is 0 Å². The quantitative estimate of drug-likeness (QED) is 0.0466. The Morgan fingerprint density at radius 3 is 1.54 bits per heavy atom. The lowest BCUT2D eigenvalue weighted by Crippen LogP contribution is -2.50. The summed E-state index contributed by atoms with van der Waals surface area (Å²) >= 11 is 7.64. The second kappa shape index (κ2) is 34.4. The van der Waals surface area contributed by atoms with Crippen LogP contribution in [0.2, 0.25) is 0 Å². The van der Waals surface area contributed by atoms with Crippen LogP contribution < -0.4 is 0 Å². The fourth-order valence-electron chi connectivity index (χ4n) is 8.91. The maximum atomic E-state index is 13.6. The van der Waals surface area contributed by atoms with Crippen molar-refractivity contribution in [1.29, 1.82) is 0 Å². The molecule has 0 aromatic heterocycles. The van der Waals surface area contributed by atoms with Crippen LogP contribution in [0.4, 0.5) is 0 Å². The maximum absolute atomic E-state index is 13.6. The molecule has 2 aromatic carbocycles. The Hall–Kier alpha value is -1.97. The SMILES string of the molecule is CCCCCCCCSC(C)(CC(COCC(CCSCC)(CC(C)(SCCCCCCCC)C(=O)O)C(SCc1ccccc1)C(C)C(=O)O)C(SCc1ccccc1)C(C)C(=O)O)C(=O)O. The molecule has 8 atom stereocenters. The number of unbranched alkanes of at least 4 members (excludes halogenated alkanes) is 10. The zero-order valence-corrected chi connectivity index (χ0v) is 46.4. The lowest BCUT2D eigenvalue weighted by Gasteiger charge is -2.46. The summed E-state index contributed by atoms with van der Waals surface area (Å²) in [5.41, 5.74) is 1.10. The van der Waals surface area contributed by atoms with Gasteiger partial charge in [-0.25, -0.2) is 0 Å². The molecule has 14 heteroatoms. The van der Waals surface area contributed by atoms with Gasteiger partial charge in [-0.05, 0) is 86.0 Å². The second-order valence-electron chi connectivity index (χ2n) is 19.0. The largest absolute Gasteiger partial charge is 0.481 e. The zero-order valence-electron chi connectivity index (χ0n) is 42.3. The van der Waals surface area contributed by atoms with Gasteiger partial charge in [0.05, 0.1) is 25.0 Å². The number of carboxylic acids is 4. The highest BCUT2D eigenvalue weighted by atomic mass is 32.2. The average Bonchev–Trinajstić information content (AvgIpc) is 3.31. The monoisotopic (exact) mass is 1040 g/mol. The first-order valence-electron chi connectivity index (χ1n) is 25.2. The Morgan fingerprint density at radius 1 is 0.603 bits per heavy atom. The number of benzene rings is 2. The van der Waals surface area contributed by atoms with E-state index in [9.17, 15) is 39.6 Å². The highest BCUT2D eigenvalue weighted by Gasteiger charge is 2.51. The van der Waals surface area contributed by atoms with Crippen molar-refractivity contribution in [1.82, 2.24) is 0 Å². The van der Waals surface area contributed by atoms with Crippen LogP contribution in [0, 0.1) is 23.2 Å². The average molecular weight is 1040 g/mol. The van der Waals surface area contributed by atoms with E-state index in [2.05, 4.69) is 20.8 Å². The summed E-state index contributed by atoms with van der Waals surface area (Å²) in [5, 5.41) is 42.4. The first-order valence-corrected chi connectivity index (χ1v) is 30.4. The van der Waals surface area contributed by atoms with Crippen molar-refractivity contribution in [2.24, 2.45) is 23.2 Å². The number of rotatable bonds is 42. The molecule has 4 N–H and O–H groups in total. The van der Waals surface area contributed by atoms with Crippen LogP contribution in [0.25, 0.3) is 0 Å². The van der Waals surface area contributed by atoms with Gasteiger partial charge >= 0.3 is 23.9 Å². The molecule has 0 radical (unpaired) electrons. The molecular formula is C54H86O9S5. The number of thioether (sulfide) groups is 5. The van der Waals surface area contributed by atoms with E-state index in [-0.39, 0.29) is 26.1 Å². The maximum Gasteiger partial charge on any atom is 0.319 e. The fraction of sp³-hybridized carbons (Fsp3) is 0.704. The van der Waals surface area contributed by atoms with Crippen molar-refractivity contribution in [2.75, 3.05) is 36.2 Å². The summed E-state index contributed by atoms with van der Waals surface area (Å²) < 4.78 is 4.49. The highest BCUT2D eigenvalue weighted by molar-refractivity contribution is 8.01. The number of aliphatic carboxylic acids is 4. The molecule has 0 saturated heterocycles. The minimum atomic E-state index is -1.27. The number of carbonyl (C=O) groups is 4. The van der Waals surface area contributed by atoms with Crippen LogP contribution in [0.15, 0.2) is 60.7 Å². The Morgan fingerprint density at radius 2 is 1.07 bits per heavy atom. The summed E-state index contributed by atoms with van der Waals surface area (Å²) in [7, 11) is 0. The van der Waals surface area contributed by atoms with Gasteiger partial charge in [0.2, 0.25) is 0 Å². The zero-order chi connectivity index (χ0) is 50.4. The van der Waals surface area contributed by atoms with E-state index >= 15 is 0 Å². The summed E-state index contributed by atoms with van der Waals surface area (Å²) in [6.45, 7) is 13.5. The topological polar surface area (TPSA) is 158 Å². The molecule has 0 amide bonds. The number of ether oxygens (including phenoxy) is 1. The van der Waals surface area contributed by atoms with E-state index in [4.69, 9.17) is 4.74 Å². The summed E-state index contributed by atoms with van der Waals surface area (Å²) in [6, 6.07) is 19.7. The van der Waals surface area contributed by atoms with E-state index in [0.29, 0.717) is 35.2 Å². The van der Waals surface area contributed by atoms with Gasteiger partial charge in [-0.1, -0.05) is 159 Å². The van der Waals surface area contributed by atoms with Crippen LogP contribution in [0.1, 0.15) is 156 Å². The molecule has 8 unspecified atom stereocenters. The molecule has 386 valence electrons. The Balaban J connectivity index is 2.76. The summed E-state index contributed by atoms with van der Waals surface area (Å²) in [5.74, 6) is -2.24. The van der Waals surface area contributed by atoms with Crippen LogP contribution in [-0.2, 0) is 35.4 Å². The lowest BCUT2D eigenvalue weighted by molar-refractivity contribution is -0.143. The molecule has 0 bridgehead atoms. The first kappa shape index (κ1) is 62.1. The molecule has 0 fully saturated rings. The van der Waals surface area contributed by atoms with Crippen LogP contribution in [0.3, 0.4) is 0 Å². The summed E-state index contributed by atoms with van der Waals surface area (Å²) in [6.07, 6.45) is 13.8. The van der Waals surface area contributed by atoms with Gasteiger partial charge in [-0.3, -0.25) is 19.2 Å². The number of hydrogen-bond acceptors (Lipinski definition) is 10.